The molecule has 23 heavy (non-hydrogen) atoms. The summed E-state index contributed by atoms with van der Waals surface area (Å²) in [4.78, 5) is 24.8. The van der Waals surface area contributed by atoms with Crippen LogP contribution in [0, 0.1) is 6.92 Å². The molecule has 3 rings (SSSR count). The first-order chi connectivity index (χ1) is 10.9. The van der Waals surface area contributed by atoms with Gasteiger partial charge in [-0.2, -0.15) is 0 Å². The number of hydrogen-bond acceptors (Lipinski definition) is 5. The van der Waals surface area contributed by atoms with Gasteiger partial charge in [0, 0.05) is 43.0 Å². The highest BCUT2D eigenvalue weighted by atomic mass is 32.2. The zero-order chi connectivity index (χ0) is 16.7. The number of fused-ring (bicyclic) bond motifs is 1. The Hall–Kier alpha value is -1.99. The summed E-state index contributed by atoms with van der Waals surface area (Å²) in [5.74, 6) is -0.245. The van der Waals surface area contributed by atoms with Crippen LogP contribution in [0.1, 0.15) is 41.0 Å². The van der Waals surface area contributed by atoms with Crippen LogP contribution >= 0.6 is 12.1 Å². The van der Waals surface area contributed by atoms with Crippen LogP contribution in [0.25, 0.3) is 0 Å². The first-order valence-corrected chi connectivity index (χ1v) is 8.28. The number of aryl methyl sites for hydroxylation is 2. The summed E-state index contributed by atoms with van der Waals surface area (Å²) in [6.45, 7) is 6.84. The number of aromatic amines is 1. The van der Waals surface area contributed by atoms with Gasteiger partial charge in [0.15, 0.2) is 0 Å². The number of anilines is 1. The molecule has 7 heteroatoms. The molecular weight excluding hydrogens is 312 g/mol. The molecule has 0 atom stereocenters. The van der Waals surface area contributed by atoms with Gasteiger partial charge in [0.1, 0.15) is 5.56 Å². The number of carbonyl (C=O) groups is 1. The van der Waals surface area contributed by atoms with Gasteiger partial charge in [0.25, 0.3) is 5.56 Å². The van der Waals surface area contributed by atoms with Crippen LogP contribution in [-0.2, 0) is 13.6 Å². The second-order valence-electron chi connectivity index (χ2n) is 6.04. The zero-order valence-corrected chi connectivity index (χ0v) is 14.5. The van der Waals surface area contributed by atoms with Crippen molar-refractivity contribution in [3.8, 4) is 0 Å². The van der Waals surface area contributed by atoms with Gasteiger partial charge in [-0.05, 0) is 32.4 Å². The Morgan fingerprint density at radius 2 is 2.09 bits per heavy atom. The highest BCUT2D eigenvalue weighted by Crippen LogP contribution is 2.32. The maximum Gasteiger partial charge on any atom is 0.277 e. The summed E-state index contributed by atoms with van der Waals surface area (Å²) in [5.41, 5.74) is 3.11. The van der Waals surface area contributed by atoms with Gasteiger partial charge in [-0.1, -0.05) is 12.1 Å². The molecule has 122 valence electrons. The molecule has 1 aromatic carbocycles. The third-order valence-electron chi connectivity index (χ3n) is 4.00. The molecule has 0 aliphatic carbocycles. The third kappa shape index (κ3) is 2.82. The molecule has 0 saturated heterocycles. The lowest BCUT2D eigenvalue weighted by Crippen LogP contribution is -2.28. The van der Waals surface area contributed by atoms with Crippen molar-refractivity contribution in [1.82, 2.24) is 14.1 Å². The van der Waals surface area contributed by atoms with E-state index in [0.717, 1.165) is 17.8 Å². The van der Waals surface area contributed by atoms with Gasteiger partial charge in [0.05, 0.1) is 5.69 Å². The first kappa shape index (κ1) is 15.9. The van der Waals surface area contributed by atoms with Crippen molar-refractivity contribution < 1.29 is 4.79 Å². The molecule has 2 aromatic rings. The van der Waals surface area contributed by atoms with Gasteiger partial charge < -0.3 is 4.72 Å². The largest absolute Gasteiger partial charge is 0.316 e. The predicted octanol–water partition coefficient (Wildman–Crippen LogP) is 2.45. The molecule has 2 N–H and O–H groups in total. The van der Waals surface area contributed by atoms with E-state index in [1.807, 2.05) is 12.1 Å². The fourth-order valence-electron chi connectivity index (χ4n) is 2.64. The Labute approximate surface area is 139 Å². The number of nitrogens with zero attached hydrogens (tertiary/aromatic N) is 2. The second-order valence-corrected chi connectivity index (χ2v) is 6.90. The van der Waals surface area contributed by atoms with Gasteiger partial charge in [-0.15, -0.1) is 0 Å². The lowest BCUT2D eigenvalue weighted by Gasteiger charge is -2.31. The third-order valence-corrected chi connectivity index (χ3v) is 5.10. The molecule has 0 bridgehead atoms. The molecule has 0 amide bonds. The van der Waals surface area contributed by atoms with Crippen molar-refractivity contribution in [2.45, 2.75) is 33.4 Å². The number of aromatic nitrogens is 2. The molecule has 0 fully saturated rings. The van der Waals surface area contributed by atoms with Gasteiger partial charge >= 0.3 is 0 Å². The minimum atomic E-state index is -0.293. The van der Waals surface area contributed by atoms with Crippen molar-refractivity contribution in [3.05, 3.63) is 50.9 Å². The Morgan fingerprint density at radius 3 is 2.70 bits per heavy atom. The predicted molar refractivity (Wildman–Crippen MR) is 92.5 cm³/mol. The number of nitrogens with one attached hydrogen (secondary N) is 2. The number of ketones is 1. The topological polar surface area (TPSA) is 70.1 Å². The summed E-state index contributed by atoms with van der Waals surface area (Å²) < 4.78 is 6.84. The van der Waals surface area contributed by atoms with E-state index in [1.54, 1.807) is 32.2 Å². The van der Waals surface area contributed by atoms with Crippen molar-refractivity contribution in [3.63, 3.8) is 0 Å². The van der Waals surface area contributed by atoms with Crippen LogP contribution in [0.2, 0.25) is 0 Å². The minimum Gasteiger partial charge on any atom is -0.316 e. The Kier molecular flexibility index (Phi) is 4.08. The fourth-order valence-corrected chi connectivity index (χ4v) is 3.46. The molecule has 0 unspecified atom stereocenters. The summed E-state index contributed by atoms with van der Waals surface area (Å²) in [7, 11) is 1.61. The van der Waals surface area contributed by atoms with Gasteiger partial charge in [0.2, 0.25) is 5.78 Å². The van der Waals surface area contributed by atoms with E-state index >= 15 is 0 Å². The molecule has 2 heterocycles. The number of rotatable bonds is 3. The quantitative estimate of drug-likeness (QED) is 0.667. The van der Waals surface area contributed by atoms with E-state index in [9.17, 15) is 9.59 Å². The van der Waals surface area contributed by atoms with Crippen LogP contribution in [0.3, 0.4) is 0 Å². The van der Waals surface area contributed by atoms with Crippen LogP contribution < -0.4 is 10.3 Å². The number of hydrogen-bond donors (Lipinski definition) is 2. The van der Waals surface area contributed by atoms with E-state index in [1.165, 1.54) is 4.68 Å². The Bertz CT molecular complexity index is 822. The summed E-state index contributed by atoms with van der Waals surface area (Å²) >= 11 is 1.54. The van der Waals surface area contributed by atoms with E-state index < -0.39 is 0 Å². The highest BCUT2D eigenvalue weighted by molar-refractivity contribution is 7.98. The fraction of sp³-hybridized carbons (Fsp3) is 0.375. The smallest absolute Gasteiger partial charge is 0.277 e. The van der Waals surface area contributed by atoms with Crippen LogP contribution in [0.15, 0.2) is 23.0 Å². The first-order valence-electron chi connectivity index (χ1n) is 7.51. The second kappa shape index (κ2) is 5.90. The van der Waals surface area contributed by atoms with E-state index in [2.05, 4.69) is 28.0 Å². The highest BCUT2D eigenvalue weighted by Gasteiger charge is 2.23. The maximum atomic E-state index is 12.7. The lowest BCUT2D eigenvalue weighted by molar-refractivity contribution is 0.103. The molecule has 0 spiro atoms. The Morgan fingerprint density at radius 1 is 1.35 bits per heavy atom. The van der Waals surface area contributed by atoms with Crippen LogP contribution in [-0.4, -0.2) is 25.9 Å². The monoisotopic (exact) mass is 332 g/mol. The average molecular weight is 332 g/mol. The number of benzene rings is 1. The summed E-state index contributed by atoms with van der Waals surface area (Å²) in [6, 6.07) is 6.00. The SMILES string of the molecule is Cc1[nH]n(C)c(=O)c1C(=O)c1ccc2c(c1)NSN(C(C)C)C2. The van der Waals surface area contributed by atoms with Crippen LogP contribution in [0.4, 0.5) is 5.69 Å². The van der Waals surface area contributed by atoms with Crippen molar-refractivity contribution in [1.29, 1.82) is 0 Å². The number of carbonyl (C=O) groups excluding carboxylic acids is 1. The molecule has 1 aromatic heterocycles. The normalized spacial score (nSPS) is 14.7. The number of H-pyrrole nitrogens is 1. The van der Waals surface area contributed by atoms with Crippen molar-refractivity contribution in [2.75, 3.05) is 4.72 Å². The zero-order valence-electron chi connectivity index (χ0n) is 13.6. The standard InChI is InChI=1S/C16H20N4O2S/c1-9(2)20-8-12-6-5-11(7-13(12)18-23-20)15(21)14-10(3)17-19(4)16(14)22/h5-7,9,17-18H,8H2,1-4H3. The average Bonchev–Trinajstić information content (AvgIpc) is 2.78. The molecule has 1 aliphatic rings. The molecule has 1 aliphatic heterocycles. The maximum absolute atomic E-state index is 12.7. The van der Waals surface area contributed by atoms with Crippen molar-refractivity contribution in [2.24, 2.45) is 7.05 Å². The van der Waals surface area contributed by atoms with E-state index in [-0.39, 0.29) is 16.9 Å². The van der Waals surface area contributed by atoms with E-state index in [0.29, 0.717) is 17.3 Å². The molecule has 0 saturated carbocycles. The minimum absolute atomic E-state index is 0.208. The summed E-state index contributed by atoms with van der Waals surface area (Å²) in [5, 5.41) is 2.86. The van der Waals surface area contributed by atoms with Crippen molar-refractivity contribution >= 4 is 23.6 Å². The lowest BCUT2D eigenvalue weighted by atomic mass is 10.0. The Balaban J connectivity index is 1.94. The van der Waals surface area contributed by atoms with Gasteiger partial charge in [-0.25, -0.2) is 4.31 Å². The van der Waals surface area contributed by atoms with Gasteiger partial charge in [-0.3, -0.25) is 19.4 Å². The molecular formula is C16H20N4O2S. The van der Waals surface area contributed by atoms with E-state index in [4.69, 9.17) is 0 Å². The van der Waals surface area contributed by atoms with Crippen LogP contribution in [0.5, 0.6) is 0 Å². The molecule has 0 radical (unpaired) electrons. The molecule has 6 nitrogen and oxygen atoms in total. The summed E-state index contributed by atoms with van der Waals surface area (Å²) in [6.07, 6.45) is 0.